The van der Waals surface area contributed by atoms with Gasteiger partial charge in [0.1, 0.15) is 6.33 Å². The van der Waals surface area contributed by atoms with Crippen LogP contribution in [0, 0.1) is 6.92 Å². The minimum Gasteiger partial charge on any atom is -0.369 e. The summed E-state index contributed by atoms with van der Waals surface area (Å²) in [4.78, 5) is 8.67. The highest BCUT2D eigenvalue weighted by atomic mass is 35.5. The average Bonchev–Trinajstić information content (AvgIpc) is 2.53. The molecule has 0 saturated heterocycles. The Morgan fingerprint density at radius 1 is 1.21 bits per heavy atom. The Morgan fingerprint density at radius 2 is 1.96 bits per heavy atom. The summed E-state index contributed by atoms with van der Waals surface area (Å²) in [6.45, 7) is 1.93. The molecule has 0 fully saturated rings. The van der Waals surface area contributed by atoms with E-state index in [-0.39, 0.29) is 24.3 Å². The van der Waals surface area contributed by atoms with Gasteiger partial charge in [0, 0.05) is 10.6 Å². The van der Waals surface area contributed by atoms with E-state index in [0.29, 0.717) is 6.42 Å². The highest BCUT2D eigenvalue weighted by molar-refractivity contribution is 6.31. The van der Waals surface area contributed by atoms with Crippen LogP contribution in [0.3, 0.4) is 0 Å². The van der Waals surface area contributed by atoms with E-state index < -0.39 is 0 Å². The lowest BCUT2D eigenvalue weighted by atomic mass is 9.81. The van der Waals surface area contributed by atoms with Crippen LogP contribution in [0.15, 0.2) is 40.8 Å². The summed E-state index contributed by atoms with van der Waals surface area (Å²) in [5.41, 5.74) is 15.4. The molecule has 24 heavy (non-hydrogen) atoms. The largest absolute Gasteiger partial charge is 0.369 e. The second kappa shape index (κ2) is 7.59. The third kappa shape index (κ3) is 3.66. The van der Waals surface area contributed by atoms with Gasteiger partial charge in [0.25, 0.3) is 0 Å². The van der Waals surface area contributed by atoms with Gasteiger partial charge in [0.05, 0.1) is 17.1 Å². The van der Waals surface area contributed by atoms with E-state index in [9.17, 15) is 0 Å². The Bertz CT molecular complexity index is 799. The molecule has 1 aliphatic rings. The monoisotopic (exact) mass is 364 g/mol. The van der Waals surface area contributed by atoms with Crippen molar-refractivity contribution in [2.45, 2.75) is 25.7 Å². The van der Waals surface area contributed by atoms with Gasteiger partial charge in [0.15, 0.2) is 0 Å². The first-order valence-corrected chi connectivity index (χ1v) is 7.64. The van der Waals surface area contributed by atoms with Crippen LogP contribution in [-0.4, -0.2) is 21.6 Å². The second-order valence-corrected chi connectivity index (χ2v) is 5.89. The van der Waals surface area contributed by atoms with Crippen molar-refractivity contribution in [3.05, 3.63) is 58.1 Å². The molecule has 126 valence electrons. The molecule has 8 heteroatoms. The van der Waals surface area contributed by atoms with Crippen molar-refractivity contribution in [2.24, 2.45) is 21.7 Å². The van der Waals surface area contributed by atoms with Crippen LogP contribution in [0.1, 0.15) is 34.9 Å². The second-order valence-electron chi connectivity index (χ2n) is 5.48. The SMILES string of the molecule is Cc1ncnc2c1/C(=N\N=C(N)N)CC(c1ccccc1Cl)C2.Cl. The van der Waals surface area contributed by atoms with E-state index in [2.05, 4.69) is 20.2 Å². The lowest BCUT2D eigenvalue weighted by molar-refractivity contribution is 0.673. The summed E-state index contributed by atoms with van der Waals surface area (Å²) in [5.74, 6) is 0.104. The summed E-state index contributed by atoms with van der Waals surface area (Å²) in [6, 6.07) is 7.83. The number of fused-ring (bicyclic) bond motifs is 1. The van der Waals surface area contributed by atoms with Gasteiger partial charge in [-0.3, -0.25) is 0 Å². The summed E-state index contributed by atoms with van der Waals surface area (Å²) in [5, 5.41) is 8.78. The van der Waals surface area contributed by atoms with Crippen molar-refractivity contribution >= 4 is 35.7 Å². The van der Waals surface area contributed by atoms with Crippen LogP contribution in [-0.2, 0) is 6.42 Å². The zero-order chi connectivity index (χ0) is 16.4. The maximum Gasteiger partial charge on any atom is 0.211 e. The Kier molecular flexibility index (Phi) is 5.75. The van der Waals surface area contributed by atoms with Gasteiger partial charge in [0.2, 0.25) is 5.96 Å². The normalized spacial score (nSPS) is 17.8. The molecule has 0 saturated carbocycles. The van der Waals surface area contributed by atoms with Crippen molar-refractivity contribution in [2.75, 3.05) is 0 Å². The Labute approximate surface area is 151 Å². The molecule has 0 radical (unpaired) electrons. The molecule has 0 aliphatic heterocycles. The standard InChI is InChI=1S/C16H17ClN6.ClH/c1-9-15-13(21-8-20-9)6-10(7-14(15)22-23-16(18)19)11-4-2-3-5-12(11)17;/h2-5,8,10H,6-7H2,1H3,(H4,18,19,23);1H/b22-14-;. The topological polar surface area (TPSA) is 103 Å². The highest BCUT2D eigenvalue weighted by Gasteiger charge is 2.28. The molecule has 2 aromatic rings. The molecule has 0 spiro atoms. The number of nitrogens with zero attached hydrogens (tertiary/aromatic N) is 4. The van der Waals surface area contributed by atoms with Gasteiger partial charge in [-0.2, -0.15) is 5.10 Å². The van der Waals surface area contributed by atoms with Crippen LogP contribution in [0.2, 0.25) is 5.02 Å². The van der Waals surface area contributed by atoms with Crippen molar-refractivity contribution in [1.82, 2.24) is 9.97 Å². The third-order valence-corrected chi connectivity index (χ3v) is 4.26. The highest BCUT2D eigenvalue weighted by Crippen LogP contribution is 2.36. The Morgan fingerprint density at radius 3 is 2.67 bits per heavy atom. The zero-order valence-corrected chi connectivity index (χ0v) is 14.7. The van der Waals surface area contributed by atoms with Gasteiger partial charge < -0.3 is 11.5 Å². The third-order valence-electron chi connectivity index (χ3n) is 3.91. The summed E-state index contributed by atoms with van der Waals surface area (Å²) >= 11 is 6.35. The van der Waals surface area contributed by atoms with Crippen molar-refractivity contribution in [3.63, 3.8) is 0 Å². The van der Waals surface area contributed by atoms with Crippen LogP contribution in [0.25, 0.3) is 0 Å². The first-order chi connectivity index (χ1) is 11.1. The van der Waals surface area contributed by atoms with Crippen molar-refractivity contribution in [3.8, 4) is 0 Å². The lowest BCUT2D eigenvalue weighted by Gasteiger charge is -2.26. The van der Waals surface area contributed by atoms with Crippen LogP contribution >= 0.6 is 24.0 Å². The minimum absolute atomic E-state index is 0. The fourth-order valence-electron chi connectivity index (χ4n) is 2.93. The van der Waals surface area contributed by atoms with Crippen molar-refractivity contribution in [1.29, 1.82) is 0 Å². The molecule has 0 amide bonds. The van der Waals surface area contributed by atoms with Crippen molar-refractivity contribution < 1.29 is 0 Å². The van der Waals surface area contributed by atoms with E-state index in [4.69, 9.17) is 23.1 Å². The van der Waals surface area contributed by atoms with Crippen LogP contribution in [0.4, 0.5) is 0 Å². The van der Waals surface area contributed by atoms with Gasteiger partial charge in [-0.15, -0.1) is 17.5 Å². The van der Waals surface area contributed by atoms with E-state index >= 15 is 0 Å². The van der Waals surface area contributed by atoms with E-state index in [0.717, 1.165) is 39.7 Å². The van der Waals surface area contributed by atoms with Gasteiger partial charge >= 0.3 is 0 Å². The molecule has 6 nitrogen and oxygen atoms in total. The van der Waals surface area contributed by atoms with Crippen LogP contribution in [0.5, 0.6) is 0 Å². The predicted octanol–water partition coefficient (Wildman–Crippen LogP) is 2.57. The Balaban J connectivity index is 0.00000208. The van der Waals surface area contributed by atoms with Gasteiger partial charge in [-0.25, -0.2) is 9.97 Å². The molecule has 1 aromatic carbocycles. The molecule has 3 rings (SSSR count). The molecule has 1 aromatic heterocycles. The van der Waals surface area contributed by atoms with Gasteiger partial charge in [-0.05, 0) is 37.3 Å². The number of hydrogen-bond donors (Lipinski definition) is 2. The van der Waals surface area contributed by atoms with E-state index in [1.807, 2.05) is 31.2 Å². The summed E-state index contributed by atoms with van der Waals surface area (Å²) in [7, 11) is 0. The molecular weight excluding hydrogens is 347 g/mol. The predicted molar refractivity (Wildman–Crippen MR) is 98.9 cm³/mol. The number of guanidine groups is 1. The quantitative estimate of drug-likeness (QED) is 0.485. The number of nitrogens with two attached hydrogens (primary N) is 2. The average molecular weight is 365 g/mol. The fraction of sp³-hybridized carbons (Fsp3) is 0.250. The first kappa shape index (κ1) is 18.2. The maximum atomic E-state index is 6.35. The molecule has 0 bridgehead atoms. The number of hydrogen-bond acceptors (Lipinski definition) is 4. The smallest absolute Gasteiger partial charge is 0.211 e. The number of rotatable bonds is 2. The molecule has 1 unspecified atom stereocenters. The van der Waals surface area contributed by atoms with Gasteiger partial charge in [-0.1, -0.05) is 29.8 Å². The first-order valence-electron chi connectivity index (χ1n) is 7.27. The summed E-state index contributed by atoms with van der Waals surface area (Å²) in [6.07, 6.45) is 3.03. The maximum absolute atomic E-state index is 6.35. The molecule has 1 heterocycles. The van der Waals surface area contributed by atoms with E-state index in [1.54, 1.807) is 6.33 Å². The minimum atomic E-state index is -0.0755. The number of halogens is 2. The summed E-state index contributed by atoms with van der Waals surface area (Å²) < 4.78 is 0. The molecule has 1 atom stereocenters. The molecule has 1 aliphatic carbocycles. The lowest BCUT2D eigenvalue weighted by Crippen LogP contribution is -2.24. The number of benzene rings is 1. The number of aromatic nitrogens is 2. The number of aryl methyl sites for hydroxylation is 1. The fourth-order valence-corrected chi connectivity index (χ4v) is 3.22. The zero-order valence-electron chi connectivity index (χ0n) is 13.1. The Hall–Kier alpha value is -2.18. The van der Waals surface area contributed by atoms with Crippen LogP contribution < -0.4 is 11.5 Å². The van der Waals surface area contributed by atoms with E-state index in [1.165, 1.54) is 0 Å². The molecular formula is C16H18Cl2N6. The molecule has 4 N–H and O–H groups in total.